The molecule has 0 amide bonds. The lowest BCUT2D eigenvalue weighted by atomic mass is 9.74. The van der Waals surface area contributed by atoms with Crippen molar-refractivity contribution < 1.29 is 5.11 Å². The van der Waals surface area contributed by atoms with E-state index in [1.807, 2.05) is 16.8 Å². The van der Waals surface area contributed by atoms with Crippen molar-refractivity contribution in [1.29, 1.82) is 0 Å². The summed E-state index contributed by atoms with van der Waals surface area (Å²) >= 11 is 3.60. The van der Waals surface area contributed by atoms with Crippen molar-refractivity contribution in [2.45, 2.75) is 50.7 Å². The van der Waals surface area contributed by atoms with Crippen LogP contribution in [0, 0.1) is 11.8 Å². The Labute approximate surface area is 172 Å². The number of aromatic nitrogens is 4. The van der Waals surface area contributed by atoms with E-state index in [4.69, 9.17) is 4.98 Å². The van der Waals surface area contributed by atoms with E-state index >= 15 is 0 Å². The minimum absolute atomic E-state index is 0.112. The van der Waals surface area contributed by atoms with Gasteiger partial charge in [-0.15, -0.1) is 0 Å². The summed E-state index contributed by atoms with van der Waals surface area (Å²) in [5.74, 6) is 2.33. The van der Waals surface area contributed by atoms with Crippen molar-refractivity contribution >= 4 is 27.4 Å². The summed E-state index contributed by atoms with van der Waals surface area (Å²) < 4.78 is 2.76. The average molecular weight is 442 g/mol. The van der Waals surface area contributed by atoms with E-state index in [1.54, 1.807) is 12.4 Å². The maximum Gasteiger partial charge on any atom is 0.171 e. The van der Waals surface area contributed by atoms with Gasteiger partial charge in [-0.3, -0.25) is 4.98 Å². The summed E-state index contributed by atoms with van der Waals surface area (Å²) in [7, 11) is 0. The Balaban J connectivity index is 1.49. The molecule has 0 spiro atoms. The van der Waals surface area contributed by atoms with Gasteiger partial charge in [0.15, 0.2) is 5.65 Å². The Kier molecular flexibility index (Phi) is 4.80. The van der Waals surface area contributed by atoms with Gasteiger partial charge >= 0.3 is 0 Å². The molecule has 28 heavy (non-hydrogen) atoms. The zero-order valence-corrected chi connectivity index (χ0v) is 17.2. The number of nitrogens with zero attached hydrogens (tertiary/aromatic N) is 4. The van der Waals surface area contributed by atoms with Crippen LogP contribution in [0.5, 0.6) is 0 Å². The predicted octanol–water partition coefficient (Wildman–Crippen LogP) is 4.15. The molecule has 4 atom stereocenters. The number of pyridine rings is 1. The Morgan fingerprint density at radius 1 is 1.21 bits per heavy atom. The first-order valence-corrected chi connectivity index (χ1v) is 10.8. The molecule has 2 aliphatic rings. The number of hydrogen-bond donors (Lipinski definition) is 2. The van der Waals surface area contributed by atoms with Crippen molar-refractivity contribution in [3.8, 4) is 0 Å². The topological polar surface area (TPSA) is 75.3 Å². The molecule has 3 heterocycles. The highest BCUT2D eigenvalue weighted by molar-refractivity contribution is 9.10. The van der Waals surface area contributed by atoms with Gasteiger partial charge in [0.2, 0.25) is 0 Å². The largest absolute Gasteiger partial charge is 0.393 e. The molecule has 3 aromatic rings. The molecule has 2 saturated carbocycles. The SMILES string of the molecule is OC1CC1[C@H]1CCCC[C@H]1c1cc(NCc2cccnc2)n2ncc(Br)c2n1. The highest BCUT2D eigenvalue weighted by atomic mass is 79.9. The van der Waals surface area contributed by atoms with Gasteiger partial charge in [0.25, 0.3) is 0 Å². The summed E-state index contributed by atoms with van der Waals surface area (Å²) in [5, 5.41) is 18.0. The third-order valence-corrected chi connectivity index (χ3v) is 6.76. The highest BCUT2D eigenvalue weighted by Crippen LogP contribution is 2.50. The Morgan fingerprint density at radius 3 is 2.86 bits per heavy atom. The minimum atomic E-state index is -0.112. The number of fused-ring (bicyclic) bond motifs is 1. The van der Waals surface area contributed by atoms with E-state index in [0.29, 0.717) is 24.3 Å². The molecule has 2 unspecified atom stereocenters. The third-order valence-electron chi connectivity index (χ3n) is 6.20. The molecule has 0 aromatic carbocycles. The van der Waals surface area contributed by atoms with E-state index in [9.17, 15) is 5.11 Å². The lowest BCUT2D eigenvalue weighted by Gasteiger charge is -2.31. The molecule has 2 N–H and O–H groups in total. The van der Waals surface area contributed by atoms with Crippen LogP contribution in [0.3, 0.4) is 0 Å². The smallest absolute Gasteiger partial charge is 0.171 e. The van der Waals surface area contributed by atoms with Gasteiger partial charge in [0.05, 0.1) is 16.8 Å². The monoisotopic (exact) mass is 441 g/mol. The Morgan fingerprint density at radius 2 is 2.07 bits per heavy atom. The van der Waals surface area contributed by atoms with Crippen LogP contribution in [0.2, 0.25) is 0 Å². The number of halogens is 1. The van der Waals surface area contributed by atoms with Crippen molar-refractivity contribution in [2.24, 2.45) is 11.8 Å². The normalized spacial score (nSPS) is 27.1. The zero-order valence-electron chi connectivity index (χ0n) is 15.6. The van der Waals surface area contributed by atoms with Gasteiger partial charge in [-0.25, -0.2) is 4.98 Å². The number of nitrogens with one attached hydrogen (secondary N) is 1. The molecule has 6 nitrogen and oxygen atoms in total. The minimum Gasteiger partial charge on any atom is -0.393 e. The van der Waals surface area contributed by atoms with E-state index < -0.39 is 0 Å². The van der Waals surface area contributed by atoms with Crippen LogP contribution < -0.4 is 5.32 Å². The molecule has 0 aliphatic heterocycles. The number of rotatable bonds is 5. The van der Waals surface area contributed by atoms with Gasteiger partial charge in [-0.05, 0) is 58.7 Å². The van der Waals surface area contributed by atoms with Crippen molar-refractivity contribution in [3.63, 3.8) is 0 Å². The third kappa shape index (κ3) is 3.42. The molecular formula is C21H24BrN5O. The molecule has 0 radical (unpaired) electrons. The molecule has 146 valence electrons. The van der Waals surface area contributed by atoms with Crippen LogP contribution in [-0.4, -0.2) is 30.8 Å². The van der Waals surface area contributed by atoms with E-state index in [-0.39, 0.29) is 6.10 Å². The molecule has 3 aromatic heterocycles. The first-order chi connectivity index (χ1) is 13.7. The van der Waals surface area contributed by atoms with Crippen LogP contribution in [0.4, 0.5) is 5.82 Å². The first kappa shape index (κ1) is 18.1. The van der Waals surface area contributed by atoms with Crippen LogP contribution in [0.1, 0.15) is 49.3 Å². The highest BCUT2D eigenvalue weighted by Gasteiger charge is 2.46. The van der Waals surface area contributed by atoms with Gasteiger partial charge in [-0.1, -0.05) is 18.9 Å². The fraction of sp³-hybridized carbons (Fsp3) is 0.476. The van der Waals surface area contributed by atoms with E-state index in [1.165, 1.54) is 19.3 Å². The summed E-state index contributed by atoms with van der Waals surface area (Å²) in [6, 6.07) is 6.16. The number of aliphatic hydroxyl groups excluding tert-OH is 1. The maximum absolute atomic E-state index is 10.0. The van der Waals surface area contributed by atoms with E-state index in [2.05, 4.69) is 43.5 Å². The Hall–Kier alpha value is -1.99. The fourth-order valence-corrected chi connectivity index (χ4v) is 5.01. The fourth-order valence-electron chi connectivity index (χ4n) is 4.67. The number of anilines is 1. The quantitative estimate of drug-likeness (QED) is 0.621. The molecular weight excluding hydrogens is 418 g/mol. The van der Waals surface area contributed by atoms with Crippen LogP contribution in [0.25, 0.3) is 5.65 Å². The maximum atomic E-state index is 10.0. The second kappa shape index (κ2) is 7.44. The van der Waals surface area contributed by atoms with Gasteiger partial charge in [0, 0.05) is 36.6 Å². The summed E-state index contributed by atoms with van der Waals surface area (Å²) in [6.07, 6.45) is 11.1. The molecule has 2 fully saturated rings. The standard InChI is InChI=1S/C21H24BrN5O/c22-17-12-25-27-20(24-11-13-4-3-7-23-10-13)9-18(26-21(17)27)15-6-2-1-5-14(15)16-8-19(16)28/h3-4,7,9-10,12,14-16,19,24,28H,1-2,5-6,8,11H2/t14-,15+,16?,19?/m0/s1. The van der Waals surface area contributed by atoms with Gasteiger partial charge in [-0.2, -0.15) is 9.61 Å². The predicted molar refractivity (Wildman–Crippen MR) is 111 cm³/mol. The average Bonchev–Trinajstić information content (AvgIpc) is 3.35. The molecule has 0 saturated heterocycles. The Bertz CT molecular complexity index is 976. The molecule has 7 heteroatoms. The lowest BCUT2D eigenvalue weighted by molar-refractivity contribution is 0.198. The van der Waals surface area contributed by atoms with Crippen molar-refractivity contribution in [1.82, 2.24) is 19.6 Å². The number of aliphatic hydroxyl groups is 1. The van der Waals surface area contributed by atoms with Gasteiger partial charge in [0.1, 0.15) is 5.82 Å². The number of hydrogen-bond acceptors (Lipinski definition) is 5. The molecule has 0 bridgehead atoms. The molecule has 2 aliphatic carbocycles. The second-order valence-corrected chi connectivity index (χ2v) is 8.89. The summed E-state index contributed by atoms with van der Waals surface area (Å²) in [4.78, 5) is 9.17. The summed E-state index contributed by atoms with van der Waals surface area (Å²) in [6.45, 7) is 0.680. The first-order valence-electron chi connectivity index (χ1n) is 10.1. The van der Waals surface area contributed by atoms with Crippen LogP contribution in [0.15, 0.2) is 41.3 Å². The lowest BCUT2D eigenvalue weighted by Crippen LogP contribution is -2.22. The molecule has 5 rings (SSSR count). The summed E-state index contributed by atoms with van der Waals surface area (Å²) in [5.41, 5.74) is 3.08. The van der Waals surface area contributed by atoms with E-state index in [0.717, 1.165) is 40.0 Å². The zero-order chi connectivity index (χ0) is 19.1. The van der Waals surface area contributed by atoms with Crippen LogP contribution in [-0.2, 0) is 6.54 Å². The van der Waals surface area contributed by atoms with Crippen LogP contribution >= 0.6 is 15.9 Å². The second-order valence-electron chi connectivity index (χ2n) is 8.03. The van der Waals surface area contributed by atoms with Gasteiger partial charge < -0.3 is 10.4 Å². The van der Waals surface area contributed by atoms with Crippen molar-refractivity contribution in [2.75, 3.05) is 5.32 Å². The van der Waals surface area contributed by atoms with Crippen molar-refractivity contribution in [3.05, 3.63) is 52.5 Å².